The molecule has 2 rings (SSSR count). The number of morpholine rings is 1. The lowest BCUT2D eigenvalue weighted by Crippen LogP contribution is -2.50. The molecule has 0 radical (unpaired) electrons. The molecular formula is C12H22N2O2. The van der Waals surface area contributed by atoms with Crippen molar-refractivity contribution in [2.24, 2.45) is 5.92 Å². The molecule has 4 nitrogen and oxygen atoms in total. The number of ether oxygens (including phenoxy) is 1. The van der Waals surface area contributed by atoms with Crippen LogP contribution in [-0.2, 0) is 9.53 Å². The van der Waals surface area contributed by atoms with Gasteiger partial charge in [-0.05, 0) is 25.8 Å². The summed E-state index contributed by atoms with van der Waals surface area (Å²) in [6, 6.07) is 0. The normalized spacial score (nSPS) is 31.4. The number of amides is 1. The third kappa shape index (κ3) is 2.74. The average molecular weight is 226 g/mol. The number of carbonyl (C=O) groups is 1. The van der Waals surface area contributed by atoms with Gasteiger partial charge in [-0.1, -0.05) is 6.92 Å². The van der Waals surface area contributed by atoms with Gasteiger partial charge in [-0.3, -0.25) is 4.79 Å². The van der Waals surface area contributed by atoms with E-state index in [1.165, 1.54) is 0 Å². The molecule has 1 amide bonds. The van der Waals surface area contributed by atoms with Gasteiger partial charge in [0.2, 0.25) is 5.91 Å². The lowest BCUT2D eigenvalue weighted by atomic mass is 9.97. The molecule has 0 aliphatic carbocycles. The Labute approximate surface area is 97.3 Å². The standard InChI is InChI=1S/C12H22N2O2/c1-2-11-9-14(6-7-16-11)12(15)10-4-3-5-13-8-10/h10-11,13H,2-9H2,1H3/t10-,11?/m1/s1. The maximum atomic E-state index is 12.2. The third-order valence-corrected chi connectivity index (χ3v) is 3.55. The van der Waals surface area contributed by atoms with Crippen LogP contribution in [0.25, 0.3) is 0 Å². The molecule has 0 bridgehead atoms. The predicted octanol–water partition coefficient (Wildman–Crippen LogP) is 0.623. The van der Waals surface area contributed by atoms with Gasteiger partial charge in [-0.15, -0.1) is 0 Å². The summed E-state index contributed by atoms with van der Waals surface area (Å²) in [7, 11) is 0. The van der Waals surface area contributed by atoms with Crippen molar-refractivity contribution in [3.63, 3.8) is 0 Å². The average Bonchev–Trinajstić information content (AvgIpc) is 2.39. The van der Waals surface area contributed by atoms with Gasteiger partial charge in [0.15, 0.2) is 0 Å². The maximum Gasteiger partial charge on any atom is 0.227 e. The lowest BCUT2D eigenvalue weighted by molar-refractivity contribution is -0.143. The Morgan fingerprint density at radius 3 is 3.12 bits per heavy atom. The Hall–Kier alpha value is -0.610. The molecular weight excluding hydrogens is 204 g/mol. The second kappa shape index (κ2) is 5.64. The number of hydrogen-bond acceptors (Lipinski definition) is 3. The van der Waals surface area contributed by atoms with Crippen LogP contribution in [0.3, 0.4) is 0 Å². The van der Waals surface area contributed by atoms with Crippen molar-refractivity contribution in [3.8, 4) is 0 Å². The van der Waals surface area contributed by atoms with E-state index in [1.807, 2.05) is 4.90 Å². The van der Waals surface area contributed by atoms with Crippen molar-refractivity contribution < 1.29 is 9.53 Å². The smallest absolute Gasteiger partial charge is 0.227 e. The molecule has 4 heteroatoms. The number of hydrogen-bond donors (Lipinski definition) is 1. The molecule has 1 N–H and O–H groups in total. The summed E-state index contributed by atoms with van der Waals surface area (Å²) < 4.78 is 5.59. The van der Waals surface area contributed by atoms with E-state index in [0.29, 0.717) is 12.5 Å². The van der Waals surface area contributed by atoms with Crippen LogP contribution in [0.5, 0.6) is 0 Å². The van der Waals surface area contributed by atoms with E-state index in [9.17, 15) is 4.79 Å². The zero-order valence-corrected chi connectivity index (χ0v) is 10.1. The molecule has 2 atom stereocenters. The third-order valence-electron chi connectivity index (χ3n) is 3.55. The van der Waals surface area contributed by atoms with E-state index in [4.69, 9.17) is 4.74 Å². The highest BCUT2D eigenvalue weighted by Crippen LogP contribution is 2.16. The topological polar surface area (TPSA) is 41.6 Å². The molecule has 2 aliphatic rings. The first kappa shape index (κ1) is 11.9. The van der Waals surface area contributed by atoms with Gasteiger partial charge in [0.1, 0.15) is 0 Å². The fourth-order valence-corrected chi connectivity index (χ4v) is 2.49. The summed E-state index contributed by atoms with van der Waals surface area (Å²) in [5.41, 5.74) is 0. The molecule has 0 aromatic rings. The van der Waals surface area contributed by atoms with Crippen molar-refractivity contribution in [1.82, 2.24) is 10.2 Å². The minimum atomic E-state index is 0.198. The number of carbonyl (C=O) groups excluding carboxylic acids is 1. The Kier molecular flexibility index (Phi) is 4.18. The van der Waals surface area contributed by atoms with E-state index in [0.717, 1.165) is 45.4 Å². The molecule has 2 saturated heterocycles. The Morgan fingerprint density at radius 2 is 2.44 bits per heavy atom. The van der Waals surface area contributed by atoms with Crippen LogP contribution in [0.4, 0.5) is 0 Å². The highest BCUT2D eigenvalue weighted by atomic mass is 16.5. The van der Waals surface area contributed by atoms with Gasteiger partial charge in [0.25, 0.3) is 0 Å². The second-order valence-corrected chi connectivity index (χ2v) is 4.73. The highest BCUT2D eigenvalue weighted by Gasteiger charge is 2.29. The summed E-state index contributed by atoms with van der Waals surface area (Å²) in [4.78, 5) is 14.2. The summed E-state index contributed by atoms with van der Waals surface area (Å²) in [6.45, 7) is 6.28. The maximum absolute atomic E-state index is 12.2. The predicted molar refractivity (Wildman–Crippen MR) is 62.2 cm³/mol. The van der Waals surface area contributed by atoms with Crippen molar-refractivity contribution in [3.05, 3.63) is 0 Å². The van der Waals surface area contributed by atoms with Crippen LogP contribution in [-0.4, -0.2) is 49.7 Å². The van der Waals surface area contributed by atoms with Crippen LogP contribution in [0, 0.1) is 5.92 Å². The fraction of sp³-hybridized carbons (Fsp3) is 0.917. The van der Waals surface area contributed by atoms with Crippen molar-refractivity contribution in [2.75, 3.05) is 32.8 Å². The zero-order chi connectivity index (χ0) is 11.4. The largest absolute Gasteiger partial charge is 0.375 e. The minimum Gasteiger partial charge on any atom is -0.375 e. The van der Waals surface area contributed by atoms with Crippen LogP contribution >= 0.6 is 0 Å². The SMILES string of the molecule is CCC1CN(C(=O)[C@@H]2CCCNC2)CCO1. The number of nitrogens with one attached hydrogen (secondary N) is 1. The molecule has 1 unspecified atom stereocenters. The van der Waals surface area contributed by atoms with Crippen LogP contribution < -0.4 is 5.32 Å². The first-order chi connectivity index (χ1) is 7.81. The molecule has 16 heavy (non-hydrogen) atoms. The number of rotatable bonds is 2. The molecule has 92 valence electrons. The molecule has 2 heterocycles. The Bertz CT molecular complexity index is 239. The fourth-order valence-electron chi connectivity index (χ4n) is 2.49. The lowest BCUT2D eigenvalue weighted by Gasteiger charge is -2.35. The molecule has 2 fully saturated rings. The summed E-state index contributed by atoms with van der Waals surface area (Å²) >= 11 is 0. The first-order valence-electron chi connectivity index (χ1n) is 6.42. The van der Waals surface area contributed by atoms with Gasteiger partial charge in [-0.25, -0.2) is 0 Å². The minimum absolute atomic E-state index is 0.198. The quantitative estimate of drug-likeness (QED) is 0.750. The van der Waals surface area contributed by atoms with E-state index in [-0.39, 0.29) is 12.0 Å². The summed E-state index contributed by atoms with van der Waals surface area (Å²) in [6.07, 6.45) is 3.40. The molecule has 0 aromatic heterocycles. The van der Waals surface area contributed by atoms with E-state index >= 15 is 0 Å². The summed E-state index contributed by atoms with van der Waals surface area (Å²) in [5, 5.41) is 3.30. The van der Waals surface area contributed by atoms with Gasteiger partial charge in [0.05, 0.1) is 18.6 Å². The second-order valence-electron chi connectivity index (χ2n) is 4.73. The van der Waals surface area contributed by atoms with E-state index < -0.39 is 0 Å². The molecule has 0 spiro atoms. The van der Waals surface area contributed by atoms with Gasteiger partial charge in [0, 0.05) is 19.6 Å². The van der Waals surface area contributed by atoms with Crippen LogP contribution in [0.15, 0.2) is 0 Å². The van der Waals surface area contributed by atoms with Crippen molar-refractivity contribution in [2.45, 2.75) is 32.3 Å². The molecule has 0 saturated carbocycles. The van der Waals surface area contributed by atoms with Crippen LogP contribution in [0.1, 0.15) is 26.2 Å². The summed E-state index contributed by atoms with van der Waals surface area (Å²) in [5.74, 6) is 0.526. The zero-order valence-electron chi connectivity index (χ0n) is 10.1. The number of nitrogens with zero attached hydrogens (tertiary/aromatic N) is 1. The van der Waals surface area contributed by atoms with Crippen molar-refractivity contribution in [1.29, 1.82) is 0 Å². The van der Waals surface area contributed by atoms with Gasteiger partial charge in [-0.2, -0.15) is 0 Å². The van der Waals surface area contributed by atoms with Crippen molar-refractivity contribution >= 4 is 5.91 Å². The number of piperidine rings is 1. The Balaban J connectivity index is 1.87. The van der Waals surface area contributed by atoms with Gasteiger partial charge < -0.3 is 15.0 Å². The van der Waals surface area contributed by atoms with Gasteiger partial charge >= 0.3 is 0 Å². The van der Waals surface area contributed by atoms with E-state index in [2.05, 4.69) is 12.2 Å². The van der Waals surface area contributed by atoms with Crippen LogP contribution in [0.2, 0.25) is 0 Å². The Morgan fingerprint density at radius 1 is 1.56 bits per heavy atom. The molecule has 2 aliphatic heterocycles. The molecule has 0 aromatic carbocycles. The first-order valence-corrected chi connectivity index (χ1v) is 6.42. The highest BCUT2D eigenvalue weighted by molar-refractivity contribution is 5.79. The monoisotopic (exact) mass is 226 g/mol. The van der Waals surface area contributed by atoms with E-state index in [1.54, 1.807) is 0 Å².